The first-order valence-electron chi connectivity index (χ1n) is 8.51. The smallest absolute Gasteiger partial charge is 0.261 e. The van der Waals surface area contributed by atoms with Crippen molar-refractivity contribution in [2.45, 2.75) is 53.2 Å². The molecule has 2 rings (SSSR count). The van der Waals surface area contributed by atoms with Gasteiger partial charge < -0.3 is 10.1 Å². The third kappa shape index (κ3) is 4.60. The molecule has 2 aromatic rings. The predicted octanol–water partition coefficient (Wildman–Crippen LogP) is 4.65. The largest absolute Gasteiger partial charge is 0.481 e. The molecule has 0 fully saturated rings. The lowest BCUT2D eigenvalue weighted by atomic mass is 9.97. The molecule has 0 saturated carbocycles. The van der Waals surface area contributed by atoms with Crippen molar-refractivity contribution in [3.63, 3.8) is 0 Å². The SMILES string of the molecule is CC[C@H](NC(=O)[C@@H](C)Oc1cccc(C)c1)c1ccc(C)cc1C. The van der Waals surface area contributed by atoms with E-state index in [-0.39, 0.29) is 11.9 Å². The number of hydrogen-bond donors (Lipinski definition) is 1. The van der Waals surface area contributed by atoms with E-state index in [1.165, 1.54) is 16.7 Å². The number of benzene rings is 2. The van der Waals surface area contributed by atoms with Crippen LogP contribution in [0.5, 0.6) is 5.75 Å². The highest BCUT2D eigenvalue weighted by atomic mass is 16.5. The molecule has 3 heteroatoms. The standard InChI is InChI=1S/C21H27NO2/c1-6-20(19-11-10-15(3)12-16(19)4)22-21(23)17(5)24-18-9-7-8-14(2)13-18/h7-13,17,20H,6H2,1-5H3,(H,22,23)/t17-,20+/m1/s1. The van der Waals surface area contributed by atoms with Crippen molar-refractivity contribution in [2.75, 3.05) is 0 Å². The molecule has 128 valence electrons. The first-order chi connectivity index (χ1) is 11.4. The van der Waals surface area contributed by atoms with Gasteiger partial charge in [-0.2, -0.15) is 0 Å². The van der Waals surface area contributed by atoms with Gasteiger partial charge in [0.1, 0.15) is 5.75 Å². The molecular formula is C21H27NO2. The fourth-order valence-corrected chi connectivity index (χ4v) is 2.85. The molecule has 2 aromatic carbocycles. The Balaban J connectivity index is 2.05. The van der Waals surface area contributed by atoms with Gasteiger partial charge in [-0.1, -0.05) is 42.8 Å². The lowest BCUT2D eigenvalue weighted by Gasteiger charge is -2.22. The number of nitrogens with one attached hydrogen (secondary N) is 1. The lowest BCUT2D eigenvalue weighted by Crippen LogP contribution is -2.38. The van der Waals surface area contributed by atoms with E-state index in [1.54, 1.807) is 6.92 Å². The first-order valence-corrected chi connectivity index (χ1v) is 8.51. The summed E-state index contributed by atoms with van der Waals surface area (Å²) in [5.41, 5.74) is 4.71. The van der Waals surface area contributed by atoms with E-state index < -0.39 is 6.10 Å². The zero-order chi connectivity index (χ0) is 17.7. The van der Waals surface area contributed by atoms with Crippen LogP contribution in [-0.2, 0) is 4.79 Å². The average Bonchev–Trinajstić information content (AvgIpc) is 2.53. The van der Waals surface area contributed by atoms with Crippen molar-refractivity contribution >= 4 is 5.91 Å². The third-order valence-corrected chi connectivity index (χ3v) is 4.20. The Hall–Kier alpha value is -2.29. The van der Waals surface area contributed by atoms with Gasteiger partial charge in [-0.15, -0.1) is 0 Å². The predicted molar refractivity (Wildman–Crippen MR) is 98.4 cm³/mol. The number of ether oxygens (including phenoxy) is 1. The normalized spacial score (nSPS) is 13.2. The van der Waals surface area contributed by atoms with E-state index >= 15 is 0 Å². The Labute approximate surface area is 145 Å². The second kappa shape index (κ2) is 8.00. The Morgan fingerprint density at radius 1 is 1.08 bits per heavy atom. The van der Waals surface area contributed by atoms with Gasteiger partial charge in [-0.3, -0.25) is 4.79 Å². The maximum atomic E-state index is 12.5. The van der Waals surface area contributed by atoms with Gasteiger partial charge in [0.25, 0.3) is 5.91 Å². The highest BCUT2D eigenvalue weighted by Gasteiger charge is 2.20. The van der Waals surface area contributed by atoms with Gasteiger partial charge in [0.15, 0.2) is 6.10 Å². The molecule has 1 N–H and O–H groups in total. The molecule has 0 radical (unpaired) electrons. The van der Waals surface area contributed by atoms with Gasteiger partial charge in [0, 0.05) is 0 Å². The minimum Gasteiger partial charge on any atom is -0.481 e. The topological polar surface area (TPSA) is 38.3 Å². The molecule has 2 atom stereocenters. The van der Waals surface area contributed by atoms with Crippen LogP contribution in [0.3, 0.4) is 0 Å². The van der Waals surface area contributed by atoms with Gasteiger partial charge in [-0.25, -0.2) is 0 Å². The van der Waals surface area contributed by atoms with Crippen molar-refractivity contribution in [3.8, 4) is 5.75 Å². The Morgan fingerprint density at radius 3 is 2.42 bits per heavy atom. The van der Waals surface area contributed by atoms with Crippen LogP contribution < -0.4 is 10.1 Å². The molecule has 0 spiro atoms. The summed E-state index contributed by atoms with van der Waals surface area (Å²) >= 11 is 0. The summed E-state index contributed by atoms with van der Waals surface area (Å²) < 4.78 is 5.78. The van der Waals surface area contributed by atoms with Crippen LogP contribution in [0.15, 0.2) is 42.5 Å². The molecule has 0 bridgehead atoms. The molecule has 0 aliphatic carbocycles. The summed E-state index contributed by atoms with van der Waals surface area (Å²) in [4.78, 5) is 12.5. The molecule has 0 aliphatic rings. The maximum Gasteiger partial charge on any atom is 0.261 e. The van der Waals surface area contributed by atoms with Crippen molar-refractivity contribution in [1.29, 1.82) is 0 Å². The third-order valence-electron chi connectivity index (χ3n) is 4.20. The van der Waals surface area contributed by atoms with E-state index in [9.17, 15) is 4.79 Å². The molecule has 3 nitrogen and oxygen atoms in total. The van der Waals surface area contributed by atoms with Crippen LogP contribution in [0, 0.1) is 20.8 Å². The molecule has 1 amide bonds. The summed E-state index contributed by atoms with van der Waals surface area (Å²) in [5, 5.41) is 3.11. The van der Waals surface area contributed by atoms with Gasteiger partial charge in [-0.05, 0) is 62.9 Å². The number of carbonyl (C=O) groups is 1. The van der Waals surface area contributed by atoms with Gasteiger partial charge >= 0.3 is 0 Å². The number of amides is 1. The summed E-state index contributed by atoms with van der Waals surface area (Å²) in [6, 6.07) is 14.1. The van der Waals surface area contributed by atoms with Crippen LogP contribution in [0.4, 0.5) is 0 Å². The van der Waals surface area contributed by atoms with Crippen LogP contribution in [-0.4, -0.2) is 12.0 Å². The summed E-state index contributed by atoms with van der Waals surface area (Å²) in [7, 11) is 0. The highest BCUT2D eigenvalue weighted by molar-refractivity contribution is 5.81. The van der Waals surface area contributed by atoms with Crippen molar-refractivity contribution in [3.05, 3.63) is 64.7 Å². The summed E-state index contributed by atoms with van der Waals surface area (Å²) in [5.74, 6) is 0.626. The van der Waals surface area contributed by atoms with Crippen molar-refractivity contribution in [2.24, 2.45) is 0 Å². The zero-order valence-electron chi connectivity index (χ0n) is 15.2. The molecule has 0 heterocycles. The lowest BCUT2D eigenvalue weighted by molar-refractivity contribution is -0.128. The number of carbonyl (C=O) groups excluding carboxylic acids is 1. The van der Waals surface area contributed by atoms with Crippen molar-refractivity contribution < 1.29 is 9.53 Å². The van der Waals surface area contributed by atoms with Crippen LogP contribution in [0.25, 0.3) is 0 Å². The summed E-state index contributed by atoms with van der Waals surface area (Å²) in [6.45, 7) is 10.0. The minimum absolute atomic E-state index is 0.00154. The average molecular weight is 325 g/mol. The minimum atomic E-state index is -0.536. The molecule has 0 saturated heterocycles. The Morgan fingerprint density at radius 2 is 1.79 bits per heavy atom. The maximum absolute atomic E-state index is 12.5. The fourth-order valence-electron chi connectivity index (χ4n) is 2.85. The van der Waals surface area contributed by atoms with E-state index in [0.29, 0.717) is 0 Å². The second-order valence-electron chi connectivity index (χ2n) is 6.41. The first kappa shape index (κ1) is 18.1. The number of aryl methyl sites for hydroxylation is 3. The quantitative estimate of drug-likeness (QED) is 0.840. The molecular weight excluding hydrogens is 298 g/mol. The molecule has 24 heavy (non-hydrogen) atoms. The molecule has 0 aliphatic heterocycles. The highest BCUT2D eigenvalue weighted by Crippen LogP contribution is 2.22. The second-order valence-corrected chi connectivity index (χ2v) is 6.41. The fraction of sp³-hybridized carbons (Fsp3) is 0.381. The monoisotopic (exact) mass is 325 g/mol. The summed E-state index contributed by atoms with van der Waals surface area (Å²) in [6.07, 6.45) is 0.305. The van der Waals surface area contributed by atoms with Crippen molar-refractivity contribution in [1.82, 2.24) is 5.32 Å². The number of hydrogen-bond acceptors (Lipinski definition) is 2. The molecule has 0 unspecified atom stereocenters. The zero-order valence-corrected chi connectivity index (χ0v) is 15.2. The van der Waals surface area contributed by atoms with Gasteiger partial charge in [0.2, 0.25) is 0 Å². The number of rotatable bonds is 6. The van der Waals surface area contributed by atoms with E-state index in [0.717, 1.165) is 17.7 Å². The van der Waals surface area contributed by atoms with E-state index in [2.05, 4.69) is 44.3 Å². The Kier molecular flexibility index (Phi) is 6.02. The Bertz CT molecular complexity index is 709. The van der Waals surface area contributed by atoms with Crippen LogP contribution in [0.2, 0.25) is 0 Å². The van der Waals surface area contributed by atoms with Gasteiger partial charge in [0.05, 0.1) is 6.04 Å². The van der Waals surface area contributed by atoms with E-state index in [1.807, 2.05) is 31.2 Å². The van der Waals surface area contributed by atoms with E-state index in [4.69, 9.17) is 4.74 Å². The van der Waals surface area contributed by atoms with Crippen LogP contribution >= 0.6 is 0 Å². The van der Waals surface area contributed by atoms with Crippen LogP contribution in [0.1, 0.15) is 48.6 Å². The molecule has 0 aromatic heterocycles.